The van der Waals surface area contributed by atoms with E-state index in [0.717, 1.165) is 19.6 Å². The fourth-order valence-electron chi connectivity index (χ4n) is 2.16. The van der Waals surface area contributed by atoms with Crippen molar-refractivity contribution in [3.05, 3.63) is 35.6 Å². The maximum Gasteiger partial charge on any atom is 0.123 e. The first-order valence-corrected chi connectivity index (χ1v) is 7.25. The molecule has 1 N–H and O–H groups in total. The summed E-state index contributed by atoms with van der Waals surface area (Å²) >= 11 is 0. The Kier molecular flexibility index (Phi) is 5.34. The predicted molar refractivity (Wildman–Crippen MR) is 75.9 cm³/mol. The smallest absolute Gasteiger partial charge is 0.123 e. The molecule has 0 amide bonds. The van der Waals surface area contributed by atoms with E-state index in [-0.39, 0.29) is 11.9 Å². The topological polar surface area (TPSA) is 21.3 Å². The highest BCUT2D eigenvalue weighted by Crippen LogP contribution is 2.23. The maximum atomic E-state index is 13.0. The first kappa shape index (κ1) is 14.5. The lowest BCUT2D eigenvalue weighted by Gasteiger charge is -2.19. The standard InChI is InChI=1S/C16H24FNO/c1-12(2)19-10-9-14(11-18-16-7-8-16)13-3-5-15(17)6-4-13/h3-6,12,14,16,18H,7-11H2,1-2H3. The van der Waals surface area contributed by atoms with E-state index in [1.807, 2.05) is 12.1 Å². The second kappa shape index (κ2) is 7.01. The molecule has 0 aromatic heterocycles. The first-order valence-electron chi connectivity index (χ1n) is 7.25. The fourth-order valence-corrected chi connectivity index (χ4v) is 2.16. The summed E-state index contributed by atoms with van der Waals surface area (Å²) in [7, 11) is 0. The van der Waals surface area contributed by atoms with Crippen LogP contribution in [0.3, 0.4) is 0 Å². The number of halogens is 1. The van der Waals surface area contributed by atoms with Crippen LogP contribution in [0.2, 0.25) is 0 Å². The number of rotatable bonds is 8. The van der Waals surface area contributed by atoms with Gasteiger partial charge in [0.1, 0.15) is 5.82 Å². The van der Waals surface area contributed by atoms with E-state index >= 15 is 0 Å². The van der Waals surface area contributed by atoms with Gasteiger partial charge in [0, 0.05) is 19.2 Å². The van der Waals surface area contributed by atoms with E-state index in [1.54, 1.807) is 12.1 Å². The minimum Gasteiger partial charge on any atom is -0.379 e. The molecule has 0 saturated heterocycles. The van der Waals surface area contributed by atoms with Crippen molar-refractivity contribution in [3.63, 3.8) is 0 Å². The van der Waals surface area contributed by atoms with Gasteiger partial charge < -0.3 is 10.1 Å². The molecule has 0 heterocycles. The van der Waals surface area contributed by atoms with Gasteiger partial charge in [0.15, 0.2) is 0 Å². The van der Waals surface area contributed by atoms with E-state index in [4.69, 9.17) is 4.74 Å². The van der Waals surface area contributed by atoms with E-state index in [1.165, 1.54) is 18.4 Å². The zero-order valence-corrected chi connectivity index (χ0v) is 11.9. The number of nitrogens with one attached hydrogen (secondary N) is 1. The quantitative estimate of drug-likeness (QED) is 0.777. The van der Waals surface area contributed by atoms with Crippen LogP contribution in [-0.4, -0.2) is 25.3 Å². The van der Waals surface area contributed by atoms with Crippen molar-refractivity contribution in [2.45, 2.75) is 51.2 Å². The van der Waals surface area contributed by atoms with Crippen molar-refractivity contribution in [3.8, 4) is 0 Å². The summed E-state index contributed by atoms with van der Waals surface area (Å²) in [5.41, 5.74) is 1.20. The second-order valence-electron chi connectivity index (χ2n) is 5.64. The van der Waals surface area contributed by atoms with Crippen LogP contribution in [0.5, 0.6) is 0 Å². The number of benzene rings is 1. The molecule has 1 fully saturated rings. The number of ether oxygens (including phenoxy) is 1. The van der Waals surface area contributed by atoms with Crippen LogP contribution in [0.4, 0.5) is 4.39 Å². The van der Waals surface area contributed by atoms with Gasteiger partial charge in [0.05, 0.1) is 6.10 Å². The van der Waals surface area contributed by atoms with E-state index < -0.39 is 0 Å². The van der Waals surface area contributed by atoms with E-state index in [9.17, 15) is 4.39 Å². The molecule has 2 rings (SSSR count). The van der Waals surface area contributed by atoms with E-state index in [0.29, 0.717) is 12.0 Å². The largest absolute Gasteiger partial charge is 0.379 e. The van der Waals surface area contributed by atoms with Crippen molar-refractivity contribution in [2.24, 2.45) is 0 Å². The molecule has 19 heavy (non-hydrogen) atoms. The highest BCUT2D eigenvalue weighted by atomic mass is 19.1. The predicted octanol–water partition coefficient (Wildman–Crippen LogP) is 3.48. The number of hydrogen-bond acceptors (Lipinski definition) is 2. The molecule has 0 aliphatic heterocycles. The summed E-state index contributed by atoms with van der Waals surface area (Å²) in [6, 6.07) is 7.58. The third-order valence-electron chi connectivity index (χ3n) is 3.49. The van der Waals surface area contributed by atoms with Crippen LogP contribution < -0.4 is 5.32 Å². The summed E-state index contributed by atoms with van der Waals surface area (Å²) in [6.45, 7) is 5.81. The van der Waals surface area contributed by atoms with Gasteiger partial charge in [0.2, 0.25) is 0 Å². The monoisotopic (exact) mass is 265 g/mol. The Labute approximate surface area is 115 Å². The average molecular weight is 265 g/mol. The zero-order chi connectivity index (χ0) is 13.7. The second-order valence-corrected chi connectivity index (χ2v) is 5.64. The van der Waals surface area contributed by atoms with Gasteiger partial charge in [-0.2, -0.15) is 0 Å². The van der Waals surface area contributed by atoms with Crippen molar-refractivity contribution >= 4 is 0 Å². The minimum absolute atomic E-state index is 0.170. The molecule has 1 aromatic carbocycles. The van der Waals surface area contributed by atoms with Gasteiger partial charge in [-0.15, -0.1) is 0 Å². The van der Waals surface area contributed by atoms with Gasteiger partial charge in [-0.05, 0) is 56.7 Å². The summed E-state index contributed by atoms with van der Waals surface area (Å²) in [6.07, 6.45) is 3.83. The van der Waals surface area contributed by atoms with Gasteiger partial charge in [-0.25, -0.2) is 4.39 Å². The molecule has 2 nitrogen and oxygen atoms in total. The van der Waals surface area contributed by atoms with Crippen molar-refractivity contribution in [1.29, 1.82) is 0 Å². The molecule has 0 spiro atoms. The molecule has 106 valence electrons. The Morgan fingerprint density at radius 2 is 1.95 bits per heavy atom. The Balaban J connectivity index is 1.89. The van der Waals surface area contributed by atoms with Crippen LogP contribution in [0.25, 0.3) is 0 Å². The molecule has 1 unspecified atom stereocenters. The molecular weight excluding hydrogens is 241 g/mol. The van der Waals surface area contributed by atoms with Gasteiger partial charge >= 0.3 is 0 Å². The van der Waals surface area contributed by atoms with Gasteiger partial charge in [-0.1, -0.05) is 12.1 Å². The van der Waals surface area contributed by atoms with Crippen LogP contribution in [0, 0.1) is 5.82 Å². The zero-order valence-electron chi connectivity index (χ0n) is 11.9. The molecule has 1 saturated carbocycles. The maximum absolute atomic E-state index is 13.0. The molecule has 1 aliphatic carbocycles. The summed E-state index contributed by atoms with van der Waals surface area (Å²) in [4.78, 5) is 0. The Hall–Kier alpha value is -0.930. The summed E-state index contributed by atoms with van der Waals surface area (Å²) in [5, 5.41) is 3.56. The third-order valence-corrected chi connectivity index (χ3v) is 3.49. The molecule has 1 aromatic rings. The Morgan fingerprint density at radius 1 is 1.26 bits per heavy atom. The van der Waals surface area contributed by atoms with Gasteiger partial charge in [0.25, 0.3) is 0 Å². The molecule has 0 bridgehead atoms. The normalized spacial score (nSPS) is 16.8. The molecule has 1 aliphatic rings. The van der Waals surface area contributed by atoms with E-state index in [2.05, 4.69) is 19.2 Å². The number of hydrogen-bond donors (Lipinski definition) is 1. The third kappa shape index (κ3) is 5.29. The van der Waals surface area contributed by atoms with Crippen molar-refractivity contribution in [2.75, 3.05) is 13.2 Å². The Morgan fingerprint density at radius 3 is 2.53 bits per heavy atom. The first-order chi connectivity index (χ1) is 9.15. The van der Waals surface area contributed by atoms with Crippen molar-refractivity contribution < 1.29 is 9.13 Å². The molecule has 3 heteroatoms. The average Bonchev–Trinajstić information content (AvgIpc) is 3.18. The van der Waals surface area contributed by atoms with Crippen LogP contribution in [-0.2, 0) is 4.74 Å². The minimum atomic E-state index is -0.170. The SMILES string of the molecule is CC(C)OCCC(CNC1CC1)c1ccc(F)cc1. The lowest BCUT2D eigenvalue weighted by molar-refractivity contribution is 0.0732. The summed E-state index contributed by atoms with van der Waals surface area (Å²) in [5.74, 6) is 0.232. The Bertz CT molecular complexity index is 373. The van der Waals surface area contributed by atoms with Crippen molar-refractivity contribution in [1.82, 2.24) is 5.32 Å². The molecule has 0 radical (unpaired) electrons. The highest BCUT2D eigenvalue weighted by Gasteiger charge is 2.22. The lowest BCUT2D eigenvalue weighted by atomic mass is 9.96. The van der Waals surface area contributed by atoms with Gasteiger partial charge in [-0.3, -0.25) is 0 Å². The van der Waals surface area contributed by atoms with Crippen LogP contribution in [0.1, 0.15) is 44.6 Å². The summed E-state index contributed by atoms with van der Waals surface area (Å²) < 4.78 is 18.6. The lowest BCUT2D eigenvalue weighted by Crippen LogP contribution is -2.24. The highest BCUT2D eigenvalue weighted by molar-refractivity contribution is 5.21. The fraction of sp³-hybridized carbons (Fsp3) is 0.625. The molecular formula is C16H24FNO. The van der Waals surface area contributed by atoms with Crippen LogP contribution >= 0.6 is 0 Å². The van der Waals surface area contributed by atoms with Crippen LogP contribution in [0.15, 0.2) is 24.3 Å². The molecule has 1 atom stereocenters.